The second-order valence-corrected chi connectivity index (χ2v) is 4.25. The van der Waals surface area contributed by atoms with Gasteiger partial charge in [-0.25, -0.2) is 4.79 Å². The number of aromatic hydroxyl groups is 1. The number of rotatable bonds is 1. The Morgan fingerprint density at radius 1 is 1.62 bits per heavy atom. The molecule has 1 saturated heterocycles. The van der Waals surface area contributed by atoms with Crippen LogP contribution in [0.5, 0.6) is 5.88 Å². The van der Waals surface area contributed by atoms with E-state index in [1.807, 2.05) is 13.8 Å². The molecule has 0 amide bonds. The van der Waals surface area contributed by atoms with Crippen LogP contribution >= 0.6 is 0 Å². The van der Waals surface area contributed by atoms with E-state index in [-0.39, 0.29) is 12.0 Å². The quantitative estimate of drug-likeness (QED) is 0.692. The zero-order valence-corrected chi connectivity index (χ0v) is 9.19. The van der Waals surface area contributed by atoms with Crippen molar-refractivity contribution in [2.24, 2.45) is 0 Å². The van der Waals surface area contributed by atoms with E-state index in [1.165, 1.54) is 4.57 Å². The summed E-state index contributed by atoms with van der Waals surface area (Å²) in [5.41, 5.74) is -1.83. The second kappa shape index (κ2) is 3.48. The van der Waals surface area contributed by atoms with Crippen molar-refractivity contribution in [2.75, 3.05) is 6.61 Å². The van der Waals surface area contributed by atoms with Crippen LogP contribution in [0.2, 0.25) is 0 Å². The molecule has 1 aliphatic heterocycles. The Labute approximate surface area is 91.5 Å². The van der Waals surface area contributed by atoms with Crippen LogP contribution in [0.25, 0.3) is 0 Å². The number of aromatic nitrogens is 2. The van der Waals surface area contributed by atoms with Crippen LogP contribution in [0.4, 0.5) is 0 Å². The number of hydrogen-bond acceptors (Lipinski definition) is 4. The van der Waals surface area contributed by atoms with Crippen molar-refractivity contribution in [3.63, 3.8) is 0 Å². The zero-order valence-electron chi connectivity index (χ0n) is 9.19. The van der Waals surface area contributed by atoms with E-state index in [9.17, 15) is 14.7 Å². The van der Waals surface area contributed by atoms with Crippen LogP contribution in [-0.2, 0) is 10.3 Å². The van der Waals surface area contributed by atoms with Crippen LogP contribution in [0.3, 0.4) is 0 Å². The summed E-state index contributed by atoms with van der Waals surface area (Å²) in [6.45, 7) is 4.19. The van der Waals surface area contributed by atoms with Crippen LogP contribution in [0.15, 0.2) is 15.7 Å². The number of aromatic amines is 1. The topological polar surface area (TPSA) is 84.3 Å². The molecule has 0 spiro atoms. The van der Waals surface area contributed by atoms with Gasteiger partial charge in [0.2, 0.25) is 5.88 Å². The maximum absolute atomic E-state index is 11.7. The number of nitrogens with zero attached hydrogens (tertiary/aromatic N) is 1. The summed E-state index contributed by atoms with van der Waals surface area (Å²) in [7, 11) is 0. The first-order chi connectivity index (χ1) is 7.45. The molecular formula is C10H14N2O4. The van der Waals surface area contributed by atoms with Crippen LogP contribution in [0.1, 0.15) is 20.3 Å². The highest BCUT2D eigenvalue weighted by atomic mass is 16.5. The van der Waals surface area contributed by atoms with E-state index >= 15 is 0 Å². The summed E-state index contributed by atoms with van der Waals surface area (Å²) in [5, 5.41) is 9.70. The summed E-state index contributed by atoms with van der Waals surface area (Å²) in [5.74, 6) is -0.325. The first-order valence-corrected chi connectivity index (χ1v) is 5.12. The molecule has 0 aliphatic carbocycles. The van der Waals surface area contributed by atoms with Crippen molar-refractivity contribution in [2.45, 2.75) is 31.9 Å². The van der Waals surface area contributed by atoms with Gasteiger partial charge in [0.1, 0.15) is 0 Å². The van der Waals surface area contributed by atoms with Crippen molar-refractivity contribution in [1.82, 2.24) is 9.55 Å². The van der Waals surface area contributed by atoms with Crippen LogP contribution in [0, 0.1) is 0 Å². The Morgan fingerprint density at radius 2 is 2.31 bits per heavy atom. The molecule has 0 radical (unpaired) electrons. The van der Waals surface area contributed by atoms with E-state index in [0.29, 0.717) is 13.0 Å². The fourth-order valence-electron chi connectivity index (χ4n) is 2.10. The van der Waals surface area contributed by atoms with Gasteiger partial charge >= 0.3 is 5.69 Å². The molecule has 1 aromatic heterocycles. The molecule has 2 unspecified atom stereocenters. The predicted octanol–water partition coefficient (Wildman–Crippen LogP) is -0.234. The third-order valence-electron chi connectivity index (χ3n) is 3.29. The largest absolute Gasteiger partial charge is 0.494 e. The summed E-state index contributed by atoms with van der Waals surface area (Å²) < 4.78 is 6.59. The van der Waals surface area contributed by atoms with E-state index in [0.717, 1.165) is 6.07 Å². The van der Waals surface area contributed by atoms with Gasteiger partial charge in [0, 0.05) is 6.61 Å². The SMILES string of the molecule is CC1OCCC1(C)n1c(O)cc(=O)[nH]c1=O. The molecule has 0 bridgehead atoms. The first kappa shape index (κ1) is 10.9. The summed E-state index contributed by atoms with van der Waals surface area (Å²) in [4.78, 5) is 24.8. The van der Waals surface area contributed by atoms with Gasteiger partial charge in [-0.1, -0.05) is 0 Å². The summed E-state index contributed by atoms with van der Waals surface area (Å²) in [6.07, 6.45) is 0.426. The normalized spacial score (nSPS) is 29.5. The minimum Gasteiger partial charge on any atom is -0.494 e. The highest BCUT2D eigenvalue weighted by molar-refractivity contribution is 5.11. The predicted molar refractivity (Wildman–Crippen MR) is 56.7 cm³/mol. The zero-order chi connectivity index (χ0) is 11.9. The lowest BCUT2D eigenvalue weighted by Gasteiger charge is -2.30. The molecular weight excluding hydrogens is 212 g/mol. The summed E-state index contributed by atoms with van der Waals surface area (Å²) in [6, 6.07) is 0.998. The lowest BCUT2D eigenvalue weighted by atomic mass is 9.94. The third kappa shape index (κ3) is 1.46. The molecule has 1 aliphatic rings. The highest BCUT2D eigenvalue weighted by Gasteiger charge is 2.41. The number of H-pyrrole nitrogens is 1. The Bertz CT molecular complexity index is 518. The monoisotopic (exact) mass is 226 g/mol. The van der Waals surface area contributed by atoms with Gasteiger partial charge in [-0.2, -0.15) is 0 Å². The molecule has 88 valence electrons. The van der Waals surface area contributed by atoms with Crippen molar-refractivity contribution < 1.29 is 9.84 Å². The van der Waals surface area contributed by atoms with E-state index < -0.39 is 16.8 Å². The van der Waals surface area contributed by atoms with Gasteiger partial charge in [-0.3, -0.25) is 14.3 Å². The minimum absolute atomic E-state index is 0.193. The van der Waals surface area contributed by atoms with Gasteiger partial charge in [-0.05, 0) is 20.3 Å². The van der Waals surface area contributed by atoms with Gasteiger partial charge in [-0.15, -0.1) is 0 Å². The van der Waals surface area contributed by atoms with Gasteiger partial charge < -0.3 is 9.84 Å². The molecule has 0 saturated carbocycles. The van der Waals surface area contributed by atoms with E-state index in [1.54, 1.807) is 0 Å². The minimum atomic E-state index is -0.620. The maximum Gasteiger partial charge on any atom is 0.331 e. The lowest BCUT2D eigenvalue weighted by molar-refractivity contribution is 0.0701. The Kier molecular flexibility index (Phi) is 2.38. The summed E-state index contributed by atoms with van der Waals surface area (Å²) >= 11 is 0. The average Bonchev–Trinajstić information content (AvgIpc) is 2.45. The molecule has 2 rings (SSSR count). The van der Waals surface area contributed by atoms with Crippen LogP contribution in [-0.4, -0.2) is 27.4 Å². The number of ether oxygens (including phenoxy) is 1. The van der Waals surface area contributed by atoms with Crippen molar-refractivity contribution in [1.29, 1.82) is 0 Å². The smallest absolute Gasteiger partial charge is 0.331 e. The van der Waals surface area contributed by atoms with Gasteiger partial charge in [0.05, 0.1) is 17.7 Å². The Hall–Kier alpha value is -1.56. The van der Waals surface area contributed by atoms with Gasteiger partial charge in [0.25, 0.3) is 5.56 Å². The molecule has 1 aromatic rings. The molecule has 6 nitrogen and oxygen atoms in total. The molecule has 6 heteroatoms. The molecule has 0 aromatic carbocycles. The van der Waals surface area contributed by atoms with Crippen molar-refractivity contribution in [3.8, 4) is 5.88 Å². The average molecular weight is 226 g/mol. The number of nitrogens with one attached hydrogen (secondary N) is 1. The fraction of sp³-hybridized carbons (Fsp3) is 0.600. The molecule has 16 heavy (non-hydrogen) atoms. The van der Waals surface area contributed by atoms with Crippen molar-refractivity contribution in [3.05, 3.63) is 26.9 Å². The Morgan fingerprint density at radius 3 is 2.81 bits per heavy atom. The van der Waals surface area contributed by atoms with E-state index in [4.69, 9.17) is 4.74 Å². The maximum atomic E-state index is 11.7. The fourth-order valence-corrected chi connectivity index (χ4v) is 2.10. The second-order valence-electron chi connectivity index (χ2n) is 4.25. The lowest BCUT2D eigenvalue weighted by Crippen LogP contribution is -2.45. The molecule has 2 N–H and O–H groups in total. The third-order valence-corrected chi connectivity index (χ3v) is 3.29. The van der Waals surface area contributed by atoms with Crippen LogP contribution < -0.4 is 11.2 Å². The first-order valence-electron chi connectivity index (χ1n) is 5.12. The van der Waals surface area contributed by atoms with E-state index in [2.05, 4.69) is 4.98 Å². The van der Waals surface area contributed by atoms with Gasteiger partial charge in [0.15, 0.2) is 0 Å². The standard InChI is InChI=1S/C10H14N2O4/c1-6-10(2,3-4-16-6)12-8(14)5-7(13)11-9(12)15/h5-6,14H,3-4H2,1-2H3,(H,11,13,15). The Balaban J connectivity index is 2.65. The van der Waals surface area contributed by atoms with Crippen molar-refractivity contribution >= 4 is 0 Å². The number of hydrogen-bond donors (Lipinski definition) is 2. The molecule has 1 fully saturated rings. The molecule has 2 atom stereocenters. The highest BCUT2D eigenvalue weighted by Crippen LogP contribution is 2.33. The molecule has 2 heterocycles.